The van der Waals surface area contributed by atoms with Crippen LogP contribution in [0.5, 0.6) is 0 Å². The van der Waals surface area contributed by atoms with Crippen LogP contribution in [0.4, 0.5) is 0 Å². The molecule has 0 fully saturated rings. The molecule has 0 radical (unpaired) electrons. The van der Waals surface area contributed by atoms with Crippen LogP contribution in [0.2, 0.25) is 0 Å². The van der Waals surface area contributed by atoms with Gasteiger partial charge in [-0.3, -0.25) is 4.40 Å². The van der Waals surface area contributed by atoms with Crippen LogP contribution in [0.3, 0.4) is 0 Å². The zero-order chi connectivity index (χ0) is 7.84. The van der Waals surface area contributed by atoms with Crippen molar-refractivity contribution in [1.29, 1.82) is 0 Å². The van der Waals surface area contributed by atoms with Gasteiger partial charge in [-0.05, 0) is 6.92 Å². The summed E-state index contributed by atoms with van der Waals surface area (Å²) in [6.45, 7) is 1.94. The Bertz CT molecular complexity index is 332. The zero-order valence-electron chi connectivity index (χ0n) is 6.19. The van der Waals surface area contributed by atoms with Crippen molar-refractivity contribution in [3.8, 4) is 0 Å². The van der Waals surface area contributed by atoms with Crippen molar-refractivity contribution in [2.24, 2.45) is 5.73 Å². The maximum atomic E-state index is 5.67. The van der Waals surface area contributed by atoms with Crippen molar-refractivity contribution in [3.63, 3.8) is 0 Å². The number of fused-ring (bicyclic) bond motifs is 1. The third kappa shape index (κ3) is 1.04. The van der Waals surface area contributed by atoms with Gasteiger partial charge in [0.15, 0.2) is 4.96 Å². The Morgan fingerprint density at radius 1 is 1.73 bits per heavy atom. The second-order valence-electron chi connectivity index (χ2n) is 2.55. The number of imidazole rings is 1. The molecule has 0 saturated carbocycles. The van der Waals surface area contributed by atoms with Gasteiger partial charge in [-0.2, -0.15) is 0 Å². The molecule has 0 aliphatic heterocycles. The first-order chi connectivity index (χ1) is 5.27. The average molecular weight is 167 g/mol. The molecule has 2 heterocycles. The molecule has 2 aromatic heterocycles. The fourth-order valence-electron chi connectivity index (χ4n) is 0.965. The molecule has 58 valence electrons. The van der Waals surface area contributed by atoms with E-state index in [0.717, 1.165) is 10.7 Å². The molecule has 0 amide bonds. The Morgan fingerprint density at radius 3 is 3.18 bits per heavy atom. The quantitative estimate of drug-likeness (QED) is 0.698. The molecule has 1 atom stereocenters. The number of rotatable bonds is 1. The van der Waals surface area contributed by atoms with E-state index in [0.29, 0.717) is 0 Å². The Kier molecular flexibility index (Phi) is 1.44. The highest BCUT2D eigenvalue weighted by Gasteiger charge is 2.04. The Morgan fingerprint density at radius 2 is 2.55 bits per heavy atom. The summed E-state index contributed by atoms with van der Waals surface area (Å²) >= 11 is 1.62. The van der Waals surface area contributed by atoms with Crippen LogP contribution in [0.25, 0.3) is 4.96 Å². The van der Waals surface area contributed by atoms with E-state index in [-0.39, 0.29) is 6.04 Å². The molecule has 11 heavy (non-hydrogen) atoms. The highest BCUT2D eigenvalue weighted by atomic mass is 32.1. The van der Waals surface area contributed by atoms with Crippen molar-refractivity contribution >= 4 is 16.3 Å². The second-order valence-corrected chi connectivity index (χ2v) is 3.42. The summed E-state index contributed by atoms with van der Waals surface area (Å²) in [5.41, 5.74) is 6.62. The van der Waals surface area contributed by atoms with Gasteiger partial charge in [0.25, 0.3) is 0 Å². The molecule has 2 N–H and O–H groups in total. The van der Waals surface area contributed by atoms with Crippen molar-refractivity contribution in [3.05, 3.63) is 23.5 Å². The second kappa shape index (κ2) is 2.32. The van der Waals surface area contributed by atoms with E-state index in [1.807, 2.05) is 29.1 Å². The molecule has 1 unspecified atom stereocenters. The molecule has 2 rings (SSSR count). The molecule has 0 aromatic carbocycles. The van der Waals surface area contributed by atoms with Crippen LogP contribution in [0.1, 0.15) is 18.7 Å². The van der Waals surface area contributed by atoms with Crippen LogP contribution in [0, 0.1) is 0 Å². The molecule has 0 aliphatic carbocycles. The molecule has 0 spiro atoms. The number of thiazole rings is 1. The normalized spacial score (nSPS) is 14.0. The van der Waals surface area contributed by atoms with Gasteiger partial charge in [0, 0.05) is 23.8 Å². The van der Waals surface area contributed by atoms with E-state index < -0.39 is 0 Å². The number of nitrogens with two attached hydrogens (primary N) is 1. The van der Waals surface area contributed by atoms with Crippen molar-refractivity contribution in [2.75, 3.05) is 0 Å². The maximum Gasteiger partial charge on any atom is 0.193 e. The lowest BCUT2D eigenvalue weighted by molar-refractivity contribution is 0.790. The smallest absolute Gasteiger partial charge is 0.193 e. The maximum absolute atomic E-state index is 5.67. The summed E-state index contributed by atoms with van der Waals surface area (Å²) in [5.74, 6) is 0. The zero-order valence-corrected chi connectivity index (χ0v) is 7.01. The molecule has 0 saturated heterocycles. The van der Waals surface area contributed by atoms with Gasteiger partial charge in [0.1, 0.15) is 0 Å². The summed E-state index contributed by atoms with van der Waals surface area (Å²) < 4.78 is 1.99. The molecule has 4 heteroatoms. The first-order valence-electron chi connectivity index (χ1n) is 3.45. The Balaban J connectivity index is 2.58. The average Bonchev–Trinajstić information content (AvgIpc) is 2.40. The number of aromatic nitrogens is 2. The van der Waals surface area contributed by atoms with Gasteiger partial charge >= 0.3 is 0 Å². The predicted molar refractivity (Wildman–Crippen MR) is 45.7 cm³/mol. The third-order valence-corrected chi connectivity index (χ3v) is 2.35. The standard InChI is InChI=1S/C7H9N3S/c1-5(8)6-4-10-2-3-11-7(10)9-6/h2-5H,8H2,1H3. The summed E-state index contributed by atoms with van der Waals surface area (Å²) in [6.07, 6.45) is 3.95. The summed E-state index contributed by atoms with van der Waals surface area (Å²) in [7, 11) is 0. The van der Waals surface area contributed by atoms with Gasteiger partial charge in [-0.1, -0.05) is 0 Å². The highest BCUT2D eigenvalue weighted by Crippen LogP contribution is 2.14. The van der Waals surface area contributed by atoms with Crippen LogP contribution < -0.4 is 5.73 Å². The molecule has 3 nitrogen and oxygen atoms in total. The van der Waals surface area contributed by atoms with Gasteiger partial charge in [-0.15, -0.1) is 11.3 Å². The fraction of sp³-hybridized carbons (Fsp3) is 0.286. The van der Waals surface area contributed by atoms with Gasteiger partial charge in [0.2, 0.25) is 0 Å². The van der Waals surface area contributed by atoms with E-state index in [1.54, 1.807) is 11.3 Å². The number of hydrogen-bond acceptors (Lipinski definition) is 3. The predicted octanol–water partition coefficient (Wildman–Crippen LogP) is 1.42. The van der Waals surface area contributed by atoms with Crippen LogP contribution >= 0.6 is 11.3 Å². The lowest BCUT2D eigenvalue weighted by atomic mass is 10.3. The lowest BCUT2D eigenvalue weighted by Gasteiger charge is -1.95. The van der Waals surface area contributed by atoms with Crippen molar-refractivity contribution in [2.45, 2.75) is 13.0 Å². The monoisotopic (exact) mass is 167 g/mol. The van der Waals surface area contributed by atoms with Crippen LogP contribution in [-0.2, 0) is 0 Å². The summed E-state index contributed by atoms with van der Waals surface area (Å²) in [4.78, 5) is 5.34. The molecule has 2 aromatic rings. The lowest BCUT2D eigenvalue weighted by Crippen LogP contribution is -2.04. The van der Waals surface area contributed by atoms with E-state index in [9.17, 15) is 0 Å². The van der Waals surface area contributed by atoms with Crippen LogP contribution in [-0.4, -0.2) is 9.38 Å². The van der Waals surface area contributed by atoms with Crippen LogP contribution in [0.15, 0.2) is 17.8 Å². The van der Waals surface area contributed by atoms with Gasteiger partial charge < -0.3 is 5.73 Å². The third-order valence-electron chi connectivity index (χ3n) is 1.58. The minimum absolute atomic E-state index is 0.0297. The summed E-state index contributed by atoms with van der Waals surface area (Å²) in [6, 6.07) is 0.0297. The highest BCUT2D eigenvalue weighted by molar-refractivity contribution is 7.15. The van der Waals surface area contributed by atoms with Crippen molar-refractivity contribution in [1.82, 2.24) is 9.38 Å². The van der Waals surface area contributed by atoms with E-state index in [1.165, 1.54) is 0 Å². The number of hydrogen-bond donors (Lipinski definition) is 1. The first kappa shape index (κ1) is 6.82. The first-order valence-corrected chi connectivity index (χ1v) is 4.33. The van der Waals surface area contributed by atoms with Crippen molar-refractivity contribution < 1.29 is 0 Å². The van der Waals surface area contributed by atoms with Gasteiger partial charge in [0.05, 0.1) is 5.69 Å². The molecule has 0 bridgehead atoms. The Hall–Kier alpha value is -0.870. The number of nitrogens with zero attached hydrogens (tertiary/aromatic N) is 2. The fourth-order valence-corrected chi connectivity index (χ4v) is 1.67. The SMILES string of the molecule is CC(N)c1cn2ccsc2n1. The van der Waals surface area contributed by atoms with E-state index in [2.05, 4.69) is 4.98 Å². The largest absolute Gasteiger partial charge is 0.323 e. The topological polar surface area (TPSA) is 43.3 Å². The Labute approximate surface area is 68.5 Å². The van der Waals surface area contributed by atoms with E-state index in [4.69, 9.17) is 5.73 Å². The minimum atomic E-state index is 0.0297. The minimum Gasteiger partial charge on any atom is -0.323 e. The molecular formula is C7H9N3S. The van der Waals surface area contributed by atoms with Gasteiger partial charge in [-0.25, -0.2) is 4.98 Å². The van der Waals surface area contributed by atoms with E-state index >= 15 is 0 Å². The molecule has 0 aliphatic rings. The summed E-state index contributed by atoms with van der Waals surface area (Å²) in [5, 5.41) is 2.01. The molecular weight excluding hydrogens is 158 g/mol.